The van der Waals surface area contributed by atoms with E-state index in [1.807, 2.05) is 0 Å². The predicted molar refractivity (Wildman–Crippen MR) is 62.8 cm³/mol. The molecule has 2 N–H and O–H groups in total. The average molecular weight is 315 g/mol. The van der Waals surface area contributed by atoms with Crippen molar-refractivity contribution in [2.75, 3.05) is 0 Å². The van der Waals surface area contributed by atoms with Crippen LogP contribution in [0, 0.1) is 5.82 Å². The Morgan fingerprint density at radius 3 is 2.10 bits per heavy atom. The highest BCUT2D eigenvalue weighted by Gasteiger charge is 2.40. The molecule has 0 saturated heterocycles. The number of hydrogen-bond donors (Lipinski definition) is 1. The van der Waals surface area contributed by atoms with Gasteiger partial charge in [0.2, 0.25) is 0 Å². The first-order valence-electron chi connectivity index (χ1n) is 5.82. The fourth-order valence-electron chi connectivity index (χ4n) is 1.83. The van der Waals surface area contributed by atoms with E-state index in [-0.39, 0.29) is 25.0 Å². The fraction of sp³-hybridized carbons (Fsp3) is 0.385. The highest BCUT2D eigenvalue weighted by atomic mass is 19.4. The number of rotatable bonds is 4. The van der Waals surface area contributed by atoms with Crippen LogP contribution in [0.1, 0.15) is 35.6 Å². The molecule has 21 heavy (non-hydrogen) atoms. The Hall–Kier alpha value is -1.57. The number of benzene rings is 1. The molecule has 0 amide bonds. The number of hydrogen-bond acceptors (Lipinski definition) is 1. The van der Waals surface area contributed by atoms with Gasteiger partial charge in [-0.1, -0.05) is 6.08 Å². The lowest BCUT2D eigenvalue weighted by atomic mass is 9.94. The van der Waals surface area contributed by atoms with Crippen LogP contribution in [0.3, 0.4) is 0 Å². The van der Waals surface area contributed by atoms with Crippen LogP contribution in [0.4, 0.5) is 30.7 Å². The van der Waals surface area contributed by atoms with Crippen LogP contribution in [-0.4, -0.2) is 0 Å². The van der Waals surface area contributed by atoms with E-state index in [2.05, 4.69) is 6.58 Å². The van der Waals surface area contributed by atoms with Gasteiger partial charge >= 0.3 is 12.4 Å². The van der Waals surface area contributed by atoms with Gasteiger partial charge in [-0.15, -0.1) is 6.58 Å². The highest BCUT2D eigenvalue weighted by molar-refractivity contribution is 5.38. The van der Waals surface area contributed by atoms with E-state index >= 15 is 0 Å². The maximum absolute atomic E-state index is 13.7. The van der Waals surface area contributed by atoms with Crippen LogP contribution in [0.2, 0.25) is 0 Å². The van der Waals surface area contributed by atoms with Crippen molar-refractivity contribution in [2.24, 2.45) is 5.73 Å². The molecule has 0 aromatic heterocycles. The van der Waals surface area contributed by atoms with Gasteiger partial charge < -0.3 is 5.73 Å². The van der Waals surface area contributed by atoms with Crippen molar-refractivity contribution < 1.29 is 30.7 Å². The third-order valence-corrected chi connectivity index (χ3v) is 2.81. The van der Waals surface area contributed by atoms with Crippen LogP contribution in [0.5, 0.6) is 0 Å². The van der Waals surface area contributed by atoms with Crippen molar-refractivity contribution in [3.63, 3.8) is 0 Å². The molecule has 0 aliphatic carbocycles. The average Bonchev–Trinajstić information content (AvgIpc) is 2.32. The quantitative estimate of drug-likeness (QED) is 0.625. The minimum Gasteiger partial charge on any atom is -0.324 e. The second-order valence-electron chi connectivity index (χ2n) is 4.39. The number of nitrogens with two attached hydrogens (primary N) is 1. The van der Waals surface area contributed by atoms with E-state index in [0.717, 1.165) is 0 Å². The van der Waals surface area contributed by atoms with Crippen LogP contribution in [0.15, 0.2) is 24.8 Å². The number of allylic oxidation sites excluding steroid dienone is 1. The number of halogens is 7. The second kappa shape index (κ2) is 6.05. The molecule has 0 radical (unpaired) electrons. The monoisotopic (exact) mass is 315 g/mol. The van der Waals surface area contributed by atoms with E-state index in [1.54, 1.807) is 0 Å². The van der Waals surface area contributed by atoms with E-state index in [9.17, 15) is 30.7 Å². The lowest BCUT2D eigenvalue weighted by molar-refractivity contribution is -0.144. The fourth-order valence-corrected chi connectivity index (χ4v) is 1.83. The first-order valence-corrected chi connectivity index (χ1v) is 5.82. The third-order valence-electron chi connectivity index (χ3n) is 2.81. The van der Waals surface area contributed by atoms with Gasteiger partial charge in [-0.3, -0.25) is 0 Å². The molecule has 1 rings (SSSR count). The van der Waals surface area contributed by atoms with E-state index in [0.29, 0.717) is 0 Å². The second-order valence-corrected chi connectivity index (χ2v) is 4.39. The zero-order chi connectivity index (χ0) is 16.4. The minimum absolute atomic E-state index is 0.0261. The Balaban J connectivity index is 3.45. The Kier molecular flexibility index (Phi) is 5.03. The van der Waals surface area contributed by atoms with Crippen LogP contribution in [0.25, 0.3) is 0 Å². The zero-order valence-corrected chi connectivity index (χ0v) is 10.7. The summed E-state index contributed by atoms with van der Waals surface area (Å²) in [6, 6.07) is -1.47. The Bertz CT molecular complexity index is 516. The largest absolute Gasteiger partial charge is 0.416 e. The van der Waals surface area contributed by atoms with E-state index in [1.165, 1.54) is 6.08 Å². The van der Waals surface area contributed by atoms with Crippen molar-refractivity contribution in [3.05, 3.63) is 47.3 Å². The summed E-state index contributed by atoms with van der Waals surface area (Å²) in [5.41, 5.74) is 1.10. The molecule has 0 heterocycles. The maximum atomic E-state index is 13.7. The highest BCUT2D eigenvalue weighted by Crippen LogP contribution is 2.40. The van der Waals surface area contributed by atoms with Gasteiger partial charge in [-0.25, -0.2) is 4.39 Å². The molecular weight excluding hydrogens is 303 g/mol. The molecule has 0 spiro atoms. The van der Waals surface area contributed by atoms with Crippen molar-refractivity contribution >= 4 is 0 Å². The molecule has 118 valence electrons. The van der Waals surface area contributed by atoms with Gasteiger partial charge in [0.1, 0.15) is 5.82 Å². The van der Waals surface area contributed by atoms with E-state index < -0.39 is 40.9 Å². The summed E-state index contributed by atoms with van der Waals surface area (Å²) in [7, 11) is 0. The molecule has 0 fully saturated rings. The number of alkyl halides is 6. The summed E-state index contributed by atoms with van der Waals surface area (Å²) in [5, 5.41) is 0. The Morgan fingerprint density at radius 1 is 1.10 bits per heavy atom. The van der Waals surface area contributed by atoms with Gasteiger partial charge in [0.05, 0.1) is 11.1 Å². The summed E-state index contributed by atoms with van der Waals surface area (Å²) in [5.74, 6) is -1.62. The summed E-state index contributed by atoms with van der Waals surface area (Å²) >= 11 is 0. The predicted octanol–water partition coefficient (Wildman–Crippen LogP) is 4.83. The van der Waals surface area contributed by atoms with Gasteiger partial charge in [-0.05, 0) is 25.0 Å². The van der Waals surface area contributed by atoms with Crippen LogP contribution >= 0.6 is 0 Å². The van der Waals surface area contributed by atoms with E-state index in [4.69, 9.17) is 5.73 Å². The summed E-state index contributed by atoms with van der Waals surface area (Å²) in [6.45, 7) is 3.35. The summed E-state index contributed by atoms with van der Waals surface area (Å²) in [4.78, 5) is 0. The van der Waals surface area contributed by atoms with Gasteiger partial charge in [0.15, 0.2) is 0 Å². The standard InChI is InChI=1S/C13H12F7N/c1-2-3-4-10(21)11-8(13(18,19)20)5-7(6-9(11)14)12(15,16)17/h2,5-6,10H,1,3-4,21H2/t10-/m1/s1. The third kappa shape index (κ3) is 4.20. The van der Waals surface area contributed by atoms with Gasteiger partial charge in [0.25, 0.3) is 0 Å². The Labute approximate surface area is 116 Å². The summed E-state index contributed by atoms with van der Waals surface area (Å²) in [6.07, 6.45) is -8.70. The lowest BCUT2D eigenvalue weighted by Gasteiger charge is -2.20. The van der Waals surface area contributed by atoms with Crippen LogP contribution < -0.4 is 5.73 Å². The summed E-state index contributed by atoms with van der Waals surface area (Å²) < 4.78 is 89.8. The van der Waals surface area contributed by atoms with Gasteiger partial charge in [0, 0.05) is 11.6 Å². The van der Waals surface area contributed by atoms with Crippen molar-refractivity contribution in [3.8, 4) is 0 Å². The maximum Gasteiger partial charge on any atom is 0.416 e. The SMILES string of the molecule is C=CCC[C@@H](N)c1c(F)cc(C(F)(F)F)cc1C(F)(F)F. The molecule has 1 atom stereocenters. The molecule has 0 saturated carbocycles. The molecule has 0 aliphatic rings. The van der Waals surface area contributed by atoms with Crippen molar-refractivity contribution in [1.29, 1.82) is 0 Å². The lowest BCUT2D eigenvalue weighted by Crippen LogP contribution is -2.21. The molecule has 1 nitrogen and oxygen atoms in total. The topological polar surface area (TPSA) is 26.0 Å². The molecule has 0 unspecified atom stereocenters. The zero-order valence-electron chi connectivity index (χ0n) is 10.7. The smallest absolute Gasteiger partial charge is 0.324 e. The van der Waals surface area contributed by atoms with Crippen molar-refractivity contribution in [2.45, 2.75) is 31.2 Å². The van der Waals surface area contributed by atoms with Crippen molar-refractivity contribution in [1.82, 2.24) is 0 Å². The Morgan fingerprint density at radius 2 is 1.67 bits per heavy atom. The molecule has 0 bridgehead atoms. The molecular formula is C13H12F7N. The van der Waals surface area contributed by atoms with Gasteiger partial charge in [-0.2, -0.15) is 26.3 Å². The normalized spacial score (nSPS) is 14.1. The molecule has 1 aromatic carbocycles. The molecule has 8 heteroatoms. The minimum atomic E-state index is -5.14. The molecule has 1 aromatic rings. The van der Waals surface area contributed by atoms with Crippen LogP contribution in [-0.2, 0) is 12.4 Å². The first-order chi connectivity index (χ1) is 9.48. The first kappa shape index (κ1) is 17.5. The molecule has 0 aliphatic heterocycles.